The second-order valence-electron chi connectivity index (χ2n) is 10.1. The molecule has 0 amide bonds. The largest absolute Gasteiger partial charge is 0.573 e. The van der Waals surface area contributed by atoms with Crippen molar-refractivity contribution in [1.29, 1.82) is 0 Å². The number of hydrogen-bond acceptors (Lipinski definition) is 3. The summed E-state index contributed by atoms with van der Waals surface area (Å²) in [5.41, 5.74) is 1.68. The molecule has 0 unspecified atom stereocenters. The maximum absolute atomic E-state index is 12.4. The van der Waals surface area contributed by atoms with Crippen molar-refractivity contribution in [3.05, 3.63) is 29.8 Å². The van der Waals surface area contributed by atoms with E-state index in [9.17, 15) is 13.2 Å². The van der Waals surface area contributed by atoms with Crippen LogP contribution in [0.25, 0.3) is 0 Å². The molecule has 2 bridgehead atoms. The van der Waals surface area contributed by atoms with Gasteiger partial charge in [-0.15, -0.1) is 13.2 Å². The van der Waals surface area contributed by atoms with Crippen molar-refractivity contribution in [3.8, 4) is 5.75 Å². The summed E-state index contributed by atoms with van der Waals surface area (Å²) in [5, 5.41) is 3.99. The van der Waals surface area contributed by atoms with Crippen molar-refractivity contribution in [2.24, 2.45) is 16.7 Å². The van der Waals surface area contributed by atoms with Crippen LogP contribution >= 0.6 is 0 Å². The molecule has 3 aliphatic rings. The van der Waals surface area contributed by atoms with Crippen molar-refractivity contribution in [3.63, 3.8) is 0 Å². The zero-order chi connectivity index (χ0) is 20.9. The number of likely N-dealkylation sites (tertiary alicyclic amines) is 1. The van der Waals surface area contributed by atoms with Crippen molar-refractivity contribution < 1.29 is 17.9 Å². The normalized spacial score (nSPS) is 32.6. The fraction of sp³-hybridized carbons (Fsp3) is 0.739. The number of fused-ring (bicyclic) bond motifs is 2. The summed E-state index contributed by atoms with van der Waals surface area (Å²) < 4.78 is 41.3. The lowest BCUT2D eigenvalue weighted by Gasteiger charge is -2.42. The van der Waals surface area contributed by atoms with E-state index in [1.54, 1.807) is 6.07 Å². The molecule has 0 radical (unpaired) electrons. The van der Waals surface area contributed by atoms with Crippen LogP contribution in [0.5, 0.6) is 5.75 Å². The third-order valence-electron chi connectivity index (χ3n) is 8.36. The topological polar surface area (TPSA) is 24.5 Å². The number of nitrogens with one attached hydrogen (secondary N) is 1. The molecule has 2 aliphatic carbocycles. The first-order valence-corrected chi connectivity index (χ1v) is 10.9. The van der Waals surface area contributed by atoms with Gasteiger partial charge in [-0.25, -0.2) is 0 Å². The van der Waals surface area contributed by atoms with E-state index in [4.69, 9.17) is 0 Å². The molecule has 1 N–H and O–H groups in total. The Hall–Kier alpha value is -1.27. The van der Waals surface area contributed by atoms with Gasteiger partial charge in [-0.3, -0.25) is 4.90 Å². The van der Waals surface area contributed by atoms with Gasteiger partial charge in [-0.05, 0) is 79.6 Å². The lowest BCUT2D eigenvalue weighted by atomic mass is 9.69. The Bertz CT molecular complexity index is 727. The number of hydrogen-bond donors (Lipinski definition) is 1. The van der Waals surface area contributed by atoms with E-state index in [2.05, 4.69) is 35.7 Å². The predicted molar refractivity (Wildman–Crippen MR) is 108 cm³/mol. The Morgan fingerprint density at radius 3 is 2.45 bits per heavy atom. The molecule has 2 saturated carbocycles. The number of benzene rings is 1. The van der Waals surface area contributed by atoms with Crippen molar-refractivity contribution in [1.82, 2.24) is 10.2 Å². The molecule has 0 aromatic heterocycles. The van der Waals surface area contributed by atoms with Gasteiger partial charge in [0.2, 0.25) is 0 Å². The zero-order valence-electron chi connectivity index (χ0n) is 17.7. The Morgan fingerprint density at radius 2 is 1.86 bits per heavy atom. The summed E-state index contributed by atoms with van der Waals surface area (Å²) in [5.74, 6) is 0.704. The number of rotatable bonds is 5. The predicted octanol–water partition coefficient (Wildman–Crippen LogP) is 5.35. The van der Waals surface area contributed by atoms with Crippen molar-refractivity contribution >= 4 is 0 Å². The fourth-order valence-corrected chi connectivity index (χ4v) is 6.10. The summed E-state index contributed by atoms with van der Waals surface area (Å²) in [6.45, 7) is 9.98. The number of ether oxygens (including phenoxy) is 1. The van der Waals surface area contributed by atoms with Gasteiger partial charge in [0, 0.05) is 18.6 Å². The lowest BCUT2D eigenvalue weighted by Crippen LogP contribution is -2.51. The first-order chi connectivity index (χ1) is 13.6. The number of alkyl halides is 3. The molecule has 3 nitrogen and oxygen atoms in total. The summed E-state index contributed by atoms with van der Waals surface area (Å²) in [4.78, 5) is 2.33. The standard InChI is InChI=1S/C23H33F3N2O/c1-21(2)17-7-10-22(21,3)20(14-17)27-18-8-11-28(12-9-18)15-16-5-4-6-19(13-16)29-23(24,25)26/h4-6,13,17-18,20,27H,7-12,14-15H2,1-3H3/t17-,20-,22+/m1/s1. The van der Waals surface area contributed by atoms with E-state index in [1.165, 1.54) is 31.4 Å². The Labute approximate surface area is 172 Å². The highest BCUT2D eigenvalue weighted by Crippen LogP contribution is 2.65. The molecule has 3 fully saturated rings. The van der Waals surface area contributed by atoms with Crippen molar-refractivity contribution in [2.75, 3.05) is 13.1 Å². The summed E-state index contributed by atoms with van der Waals surface area (Å²) in [6, 6.07) is 7.50. The molecular formula is C23H33F3N2O. The van der Waals surface area contributed by atoms with Gasteiger partial charge >= 0.3 is 6.36 Å². The Balaban J connectivity index is 1.28. The molecule has 162 valence electrons. The van der Waals surface area contributed by atoms with Gasteiger partial charge < -0.3 is 10.1 Å². The van der Waals surface area contributed by atoms with Crippen LogP contribution in [0.2, 0.25) is 0 Å². The van der Waals surface area contributed by atoms with Gasteiger partial charge in [0.1, 0.15) is 5.75 Å². The Morgan fingerprint density at radius 1 is 1.14 bits per heavy atom. The van der Waals surface area contributed by atoms with Gasteiger partial charge in [0.05, 0.1) is 0 Å². The second-order valence-corrected chi connectivity index (χ2v) is 10.1. The van der Waals surface area contributed by atoms with E-state index < -0.39 is 6.36 Å². The second kappa shape index (κ2) is 7.45. The van der Waals surface area contributed by atoms with E-state index in [0.29, 0.717) is 29.5 Å². The molecular weight excluding hydrogens is 377 g/mol. The average Bonchev–Trinajstić information content (AvgIpc) is 2.96. The van der Waals surface area contributed by atoms with Gasteiger partial charge in [0.25, 0.3) is 0 Å². The van der Waals surface area contributed by atoms with Crippen LogP contribution in [0.4, 0.5) is 13.2 Å². The third kappa shape index (κ3) is 4.15. The maximum atomic E-state index is 12.4. The molecule has 0 spiro atoms. The summed E-state index contributed by atoms with van der Waals surface area (Å²) in [7, 11) is 0. The minimum Gasteiger partial charge on any atom is -0.406 e. The highest BCUT2D eigenvalue weighted by molar-refractivity contribution is 5.28. The SMILES string of the molecule is CC1(C)[C@@H]2CC[C@@]1(C)[C@H](NC1CCN(Cc3cccc(OC(F)(F)F)c3)CC1)C2. The molecule has 4 rings (SSSR count). The molecule has 29 heavy (non-hydrogen) atoms. The molecule has 1 heterocycles. The molecule has 1 aromatic rings. The highest BCUT2D eigenvalue weighted by atomic mass is 19.4. The third-order valence-corrected chi connectivity index (χ3v) is 8.36. The average molecular weight is 411 g/mol. The van der Waals surface area contributed by atoms with Crippen LogP contribution in [0.15, 0.2) is 24.3 Å². The first-order valence-electron chi connectivity index (χ1n) is 10.9. The molecule has 3 atom stereocenters. The van der Waals surface area contributed by atoms with Crippen LogP contribution in [0.1, 0.15) is 58.4 Å². The molecule has 6 heteroatoms. The first kappa shape index (κ1) is 21.0. The van der Waals surface area contributed by atoms with Crippen LogP contribution in [0.3, 0.4) is 0 Å². The molecule has 1 aromatic carbocycles. The van der Waals surface area contributed by atoms with Crippen LogP contribution in [0, 0.1) is 16.7 Å². The monoisotopic (exact) mass is 410 g/mol. The van der Waals surface area contributed by atoms with Gasteiger partial charge in [0.15, 0.2) is 0 Å². The smallest absolute Gasteiger partial charge is 0.406 e. The molecule has 1 aliphatic heterocycles. The van der Waals surface area contributed by atoms with Crippen molar-refractivity contribution in [2.45, 2.75) is 77.9 Å². The summed E-state index contributed by atoms with van der Waals surface area (Å²) in [6.07, 6.45) is 1.55. The van der Waals surface area contributed by atoms with Crippen LogP contribution in [-0.2, 0) is 6.54 Å². The van der Waals surface area contributed by atoms with Crippen LogP contribution < -0.4 is 10.1 Å². The zero-order valence-corrected chi connectivity index (χ0v) is 17.7. The van der Waals surface area contributed by atoms with E-state index in [1.807, 2.05) is 6.07 Å². The molecule has 1 saturated heterocycles. The fourth-order valence-electron chi connectivity index (χ4n) is 6.10. The lowest BCUT2D eigenvalue weighted by molar-refractivity contribution is -0.274. The summed E-state index contributed by atoms with van der Waals surface area (Å²) >= 11 is 0. The maximum Gasteiger partial charge on any atom is 0.573 e. The number of nitrogens with zero attached hydrogens (tertiary/aromatic N) is 1. The van der Waals surface area contributed by atoms with Gasteiger partial charge in [-0.2, -0.15) is 0 Å². The number of piperidine rings is 1. The Kier molecular flexibility index (Phi) is 5.39. The minimum absolute atomic E-state index is 0.140. The quantitative estimate of drug-likeness (QED) is 0.708. The minimum atomic E-state index is -4.65. The number of halogens is 3. The highest BCUT2D eigenvalue weighted by Gasteiger charge is 2.61. The van der Waals surface area contributed by atoms with E-state index in [-0.39, 0.29) is 5.75 Å². The van der Waals surface area contributed by atoms with E-state index in [0.717, 1.165) is 37.4 Å². The van der Waals surface area contributed by atoms with Gasteiger partial charge in [-0.1, -0.05) is 32.9 Å². The van der Waals surface area contributed by atoms with E-state index >= 15 is 0 Å². The van der Waals surface area contributed by atoms with Crippen LogP contribution in [-0.4, -0.2) is 36.4 Å².